The highest BCUT2D eigenvalue weighted by atomic mass is 79.9. The van der Waals surface area contributed by atoms with Gasteiger partial charge in [-0.05, 0) is 12.1 Å². The molecule has 0 unspecified atom stereocenters. The number of hydrogen-bond donors (Lipinski definition) is 1. The quantitative estimate of drug-likeness (QED) is 0.482. The average molecular weight is 420 g/mol. The highest BCUT2D eigenvalue weighted by Crippen LogP contribution is 2.27. The van der Waals surface area contributed by atoms with E-state index in [1.54, 1.807) is 6.08 Å². The predicted octanol–water partition coefficient (Wildman–Crippen LogP) is 3.84. The van der Waals surface area contributed by atoms with Crippen molar-refractivity contribution in [3.63, 3.8) is 0 Å². The maximum atomic E-state index is 11.5. The summed E-state index contributed by atoms with van der Waals surface area (Å²) in [6.07, 6.45) is 2.82. The molecule has 0 saturated carbocycles. The smallest absolute Gasteiger partial charge is 0.226 e. The minimum atomic E-state index is -0.468. The summed E-state index contributed by atoms with van der Waals surface area (Å²) >= 11 is 4.81. The molecule has 25 heavy (non-hydrogen) atoms. The zero-order valence-electron chi connectivity index (χ0n) is 13.1. The fraction of sp³-hybridized carbons (Fsp3) is 0.118. The van der Waals surface area contributed by atoms with E-state index in [9.17, 15) is 9.90 Å². The van der Waals surface area contributed by atoms with Crippen LogP contribution in [0.15, 0.2) is 68.1 Å². The van der Waals surface area contributed by atoms with Crippen LogP contribution in [-0.4, -0.2) is 19.9 Å². The van der Waals surface area contributed by atoms with E-state index in [0.29, 0.717) is 23.2 Å². The van der Waals surface area contributed by atoms with E-state index in [2.05, 4.69) is 32.7 Å². The maximum Gasteiger partial charge on any atom is 0.226 e. The SMILES string of the molecule is C=CCn1c(SCc2cc(=O)c(O)co2)nnc1-c1ccc(Br)cc1. The molecule has 3 aromatic rings. The first-order valence-electron chi connectivity index (χ1n) is 7.32. The Balaban J connectivity index is 1.86. The lowest BCUT2D eigenvalue weighted by Gasteiger charge is -2.07. The van der Waals surface area contributed by atoms with Crippen LogP contribution in [0, 0.1) is 0 Å². The minimum Gasteiger partial charge on any atom is -0.502 e. The van der Waals surface area contributed by atoms with E-state index in [0.717, 1.165) is 22.1 Å². The number of aromatic nitrogens is 3. The molecule has 2 aromatic heterocycles. The third kappa shape index (κ3) is 4.02. The third-order valence-corrected chi connectivity index (χ3v) is 4.86. The van der Waals surface area contributed by atoms with Crippen molar-refractivity contribution in [1.29, 1.82) is 0 Å². The van der Waals surface area contributed by atoms with Crippen molar-refractivity contribution in [3.05, 3.63) is 69.7 Å². The van der Waals surface area contributed by atoms with E-state index >= 15 is 0 Å². The van der Waals surface area contributed by atoms with Gasteiger partial charge >= 0.3 is 0 Å². The van der Waals surface area contributed by atoms with Gasteiger partial charge in [0.1, 0.15) is 12.0 Å². The molecule has 6 nitrogen and oxygen atoms in total. The first kappa shape index (κ1) is 17.5. The number of hydrogen-bond acceptors (Lipinski definition) is 6. The second-order valence-corrected chi connectivity index (χ2v) is 6.96. The minimum absolute atomic E-state index is 0.394. The van der Waals surface area contributed by atoms with Crippen molar-refractivity contribution in [2.75, 3.05) is 0 Å². The monoisotopic (exact) mass is 419 g/mol. The van der Waals surface area contributed by atoms with Gasteiger partial charge in [0.25, 0.3) is 0 Å². The number of rotatable bonds is 6. The molecule has 0 saturated heterocycles. The lowest BCUT2D eigenvalue weighted by Crippen LogP contribution is -2.02. The Bertz CT molecular complexity index is 951. The molecule has 0 atom stereocenters. The van der Waals surface area contributed by atoms with Crippen molar-refractivity contribution in [2.24, 2.45) is 0 Å². The first-order valence-corrected chi connectivity index (χ1v) is 9.10. The van der Waals surface area contributed by atoms with Crippen LogP contribution in [0.1, 0.15) is 5.76 Å². The fourth-order valence-electron chi connectivity index (χ4n) is 2.16. The summed E-state index contributed by atoms with van der Waals surface area (Å²) in [7, 11) is 0. The Morgan fingerprint density at radius 3 is 2.76 bits per heavy atom. The van der Waals surface area contributed by atoms with Gasteiger partial charge in [0.05, 0.1) is 5.75 Å². The lowest BCUT2D eigenvalue weighted by molar-refractivity contribution is 0.419. The highest BCUT2D eigenvalue weighted by molar-refractivity contribution is 9.10. The molecule has 1 N–H and O–H groups in total. The van der Waals surface area contributed by atoms with Gasteiger partial charge in [0.15, 0.2) is 16.7 Å². The molecule has 8 heteroatoms. The Hall–Kier alpha value is -2.32. The van der Waals surface area contributed by atoms with Crippen LogP contribution in [0.5, 0.6) is 5.75 Å². The Kier molecular flexibility index (Phi) is 5.40. The molecule has 128 valence electrons. The normalized spacial score (nSPS) is 10.8. The Morgan fingerprint density at radius 1 is 1.32 bits per heavy atom. The van der Waals surface area contributed by atoms with Gasteiger partial charge in [-0.2, -0.15) is 0 Å². The molecule has 2 heterocycles. The molecule has 0 fully saturated rings. The van der Waals surface area contributed by atoms with Gasteiger partial charge in [-0.25, -0.2) is 0 Å². The molecule has 0 aliphatic carbocycles. The van der Waals surface area contributed by atoms with Gasteiger partial charge in [-0.1, -0.05) is 45.9 Å². The van der Waals surface area contributed by atoms with Gasteiger partial charge in [-0.3, -0.25) is 9.36 Å². The largest absolute Gasteiger partial charge is 0.502 e. The summed E-state index contributed by atoms with van der Waals surface area (Å²) in [5, 5.41) is 18.4. The second-order valence-electron chi connectivity index (χ2n) is 5.10. The van der Waals surface area contributed by atoms with Crippen LogP contribution < -0.4 is 5.43 Å². The summed E-state index contributed by atoms with van der Waals surface area (Å²) in [5.74, 6) is 1.18. The first-order chi connectivity index (χ1) is 12.1. The van der Waals surface area contributed by atoms with Crippen LogP contribution in [-0.2, 0) is 12.3 Å². The molecular formula is C17H14BrN3O3S. The van der Waals surface area contributed by atoms with Gasteiger partial charge in [0.2, 0.25) is 5.43 Å². The molecule has 1 aromatic carbocycles. The average Bonchev–Trinajstić information content (AvgIpc) is 3.00. The van der Waals surface area contributed by atoms with Crippen LogP contribution >= 0.6 is 27.7 Å². The van der Waals surface area contributed by atoms with Gasteiger partial charge in [-0.15, -0.1) is 16.8 Å². The molecule has 0 aliphatic rings. The number of benzene rings is 1. The highest BCUT2D eigenvalue weighted by Gasteiger charge is 2.14. The molecule has 0 radical (unpaired) electrons. The zero-order chi connectivity index (χ0) is 17.8. The van der Waals surface area contributed by atoms with Gasteiger partial charge < -0.3 is 9.52 Å². The fourth-order valence-corrected chi connectivity index (χ4v) is 3.26. The van der Waals surface area contributed by atoms with E-state index in [-0.39, 0.29) is 0 Å². The second kappa shape index (κ2) is 7.71. The molecule has 0 amide bonds. The number of nitrogens with zero attached hydrogens (tertiary/aromatic N) is 3. The van der Waals surface area contributed by atoms with Crippen molar-refractivity contribution in [1.82, 2.24) is 14.8 Å². The van der Waals surface area contributed by atoms with Crippen LogP contribution in [0.25, 0.3) is 11.4 Å². The third-order valence-electron chi connectivity index (χ3n) is 3.34. The standard InChI is InChI=1S/C17H14BrN3O3S/c1-2-7-21-16(11-3-5-12(18)6-4-11)19-20-17(21)25-10-13-8-14(22)15(23)9-24-13/h2-6,8-9,23H,1,7,10H2. The zero-order valence-corrected chi connectivity index (χ0v) is 15.5. The Morgan fingerprint density at radius 2 is 2.08 bits per heavy atom. The van der Waals surface area contributed by atoms with E-state index < -0.39 is 11.2 Å². The van der Waals surface area contributed by atoms with E-state index in [1.807, 2.05) is 28.8 Å². The lowest BCUT2D eigenvalue weighted by atomic mass is 10.2. The van der Waals surface area contributed by atoms with Crippen molar-refractivity contribution < 1.29 is 9.52 Å². The van der Waals surface area contributed by atoms with Crippen molar-refractivity contribution in [2.45, 2.75) is 17.5 Å². The Labute approximate surface area is 156 Å². The summed E-state index contributed by atoms with van der Waals surface area (Å²) in [5.41, 5.74) is 0.477. The summed E-state index contributed by atoms with van der Waals surface area (Å²) in [4.78, 5) is 11.5. The van der Waals surface area contributed by atoms with Crippen molar-refractivity contribution >= 4 is 27.7 Å². The van der Waals surface area contributed by atoms with Crippen LogP contribution in [0.4, 0.5) is 0 Å². The number of allylic oxidation sites excluding steroid dienone is 1. The van der Waals surface area contributed by atoms with E-state index in [4.69, 9.17) is 4.42 Å². The van der Waals surface area contributed by atoms with Crippen molar-refractivity contribution in [3.8, 4) is 17.1 Å². The topological polar surface area (TPSA) is 81.2 Å². The predicted molar refractivity (Wildman–Crippen MR) is 99.6 cm³/mol. The summed E-state index contributed by atoms with van der Waals surface area (Å²) < 4.78 is 8.14. The molecular weight excluding hydrogens is 406 g/mol. The summed E-state index contributed by atoms with van der Waals surface area (Å²) in [6.45, 7) is 4.34. The maximum absolute atomic E-state index is 11.5. The van der Waals surface area contributed by atoms with Crippen LogP contribution in [0.3, 0.4) is 0 Å². The van der Waals surface area contributed by atoms with E-state index in [1.165, 1.54) is 17.8 Å². The number of aromatic hydroxyl groups is 1. The molecule has 0 aliphatic heterocycles. The molecule has 3 rings (SSSR count). The molecule has 0 spiro atoms. The number of thioether (sulfide) groups is 1. The van der Waals surface area contributed by atoms with Gasteiger partial charge in [0, 0.05) is 22.6 Å². The number of halogens is 1. The van der Waals surface area contributed by atoms with Crippen LogP contribution in [0.2, 0.25) is 0 Å². The molecule has 0 bridgehead atoms. The summed E-state index contributed by atoms with van der Waals surface area (Å²) in [6, 6.07) is 9.08.